The van der Waals surface area contributed by atoms with Gasteiger partial charge in [0.15, 0.2) is 0 Å². The number of anilines is 1. The summed E-state index contributed by atoms with van der Waals surface area (Å²) in [5, 5.41) is 9.15. The van der Waals surface area contributed by atoms with Crippen LogP contribution in [0.15, 0.2) is 24.3 Å². The average Bonchev–Trinajstić information content (AvgIpc) is 2.34. The van der Waals surface area contributed by atoms with Crippen molar-refractivity contribution >= 4 is 5.69 Å². The van der Waals surface area contributed by atoms with E-state index in [1.807, 2.05) is 18.2 Å². The van der Waals surface area contributed by atoms with Crippen molar-refractivity contribution < 1.29 is 5.11 Å². The van der Waals surface area contributed by atoms with Crippen molar-refractivity contribution in [1.82, 2.24) is 4.90 Å². The molecule has 0 aromatic heterocycles. The molecule has 0 aliphatic carbocycles. The first-order valence-corrected chi connectivity index (χ1v) is 6.41. The molecule has 0 amide bonds. The highest BCUT2D eigenvalue weighted by atomic mass is 16.3. The number of nitrogens with two attached hydrogens (primary N) is 1. The Morgan fingerprint density at radius 1 is 1.24 bits per heavy atom. The van der Waals surface area contributed by atoms with E-state index in [-0.39, 0.29) is 6.61 Å². The molecule has 1 aromatic carbocycles. The van der Waals surface area contributed by atoms with Crippen molar-refractivity contribution in [3.05, 3.63) is 29.8 Å². The average molecular weight is 236 g/mol. The topological polar surface area (TPSA) is 49.5 Å². The molecular formula is C14H24N2O. The maximum absolute atomic E-state index is 9.15. The number of hydrogen-bond acceptors (Lipinski definition) is 3. The van der Waals surface area contributed by atoms with Crippen LogP contribution >= 0.6 is 0 Å². The van der Waals surface area contributed by atoms with Gasteiger partial charge in [-0.2, -0.15) is 0 Å². The van der Waals surface area contributed by atoms with E-state index in [4.69, 9.17) is 10.8 Å². The minimum atomic E-state index is 0.198. The van der Waals surface area contributed by atoms with Crippen LogP contribution in [0, 0.1) is 0 Å². The Kier molecular flexibility index (Phi) is 6.01. The lowest BCUT2D eigenvalue weighted by Gasteiger charge is -2.30. The van der Waals surface area contributed by atoms with Crippen LogP contribution in [0.1, 0.15) is 32.3 Å². The van der Waals surface area contributed by atoms with Crippen molar-refractivity contribution in [3.63, 3.8) is 0 Å². The fraction of sp³-hybridized carbons (Fsp3) is 0.571. The van der Waals surface area contributed by atoms with Crippen LogP contribution in [0.25, 0.3) is 0 Å². The summed E-state index contributed by atoms with van der Waals surface area (Å²) in [7, 11) is 0. The molecule has 96 valence electrons. The number of nitrogen functional groups attached to an aromatic ring is 1. The van der Waals surface area contributed by atoms with Gasteiger partial charge in [-0.15, -0.1) is 0 Å². The van der Waals surface area contributed by atoms with E-state index in [9.17, 15) is 0 Å². The lowest BCUT2D eigenvalue weighted by molar-refractivity contribution is 0.137. The van der Waals surface area contributed by atoms with E-state index in [2.05, 4.69) is 24.8 Å². The number of aliphatic hydroxyl groups excluding tert-OH is 1. The van der Waals surface area contributed by atoms with Gasteiger partial charge >= 0.3 is 0 Å². The van der Waals surface area contributed by atoms with Crippen molar-refractivity contribution in [1.29, 1.82) is 0 Å². The third-order valence-electron chi connectivity index (χ3n) is 3.27. The van der Waals surface area contributed by atoms with E-state index < -0.39 is 0 Å². The predicted molar refractivity (Wildman–Crippen MR) is 72.7 cm³/mol. The smallest absolute Gasteiger partial charge is 0.0558 e. The molecule has 0 unspecified atom stereocenters. The van der Waals surface area contributed by atoms with Gasteiger partial charge in [-0.05, 0) is 24.5 Å². The van der Waals surface area contributed by atoms with Crippen LogP contribution < -0.4 is 5.73 Å². The Hall–Kier alpha value is -1.06. The zero-order valence-corrected chi connectivity index (χ0v) is 10.9. The third-order valence-corrected chi connectivity index (χ3v) is 3.27. The summed E-state index contributed by atoms with van der Waals surface area (Å²) in [6, 6.07) is 8.46. The largest absolute Gasteiger partial charge is 0.398 e. The normalized spacial score (nSPS) is 11.4. The molecule has 0 saturated carbocycles. The van der Waals surface area contributed by atoms with Crippen LogP contribution in [0.3, 0.4) is 0 Å². The molecular weight excluding hydrogens is 212 g/mol. The van der Waals surface area contributed by atoms with Gasteiger partial charge in [0.05, 0.1) is 6.61 Å². The Morgan fingerprint density at radius 2 is 1.88 bits per heavy atom. The zero-order valence-electron chi connectivity index (χ0n) is 10.9. The third kappa shape index (κ3) is 4.02. The van der Waals surface area contributed by atoms with Gasteiger partial charge in [0.25, 0.3) is 0 Å². The number of benzene rings is 1. The zero-order chi connectivity index (χ0) is 12.7. The predicted octanol–water partition coefficient (Wildman–Crippen LogP) is 2.25. The summed E-state index contributed by atoms with van der Waals surface area (Å²) < 4.78 is 0. The van der Waals surface area contributed by atoms with Crippen molar-refractivity contribution in [2.45, 2.75) is 39.3 Å². The molecule has 17 heavy (non-hydrogen) atoms. The molecule has 0 aliphatic rings. The van der Waals surface area contributed by atoms with Crippen LogP contribution in [-0.2, 0) is 6.54 Å². The molecule has 3 heteroatoms. The van der Waals surface area contributed by atoms with Crippen LogP contribution in [0.4, 0.5) is 5.69 Å². The van der Waals surface area contributed by atoms with Gasteiger partial charge in [-0.3, -0.25) is 4.90 Å². The molecule has 0 radical (unpaired) electrons. The van der Waals surface area contributed by atoms with Crippen LogP contribution in [0.5, 0.6) is 0 Å². The lowest BCUT2D eigenvalue weighted by Crippen LogP contribution is -2.36. The van der Waals surface area contributed by atoms with Gasteiger partial charge in [-0.25, -0.2) is 0 Å². The summed E-state index contributed by atoms with van der Waals surface area (Å²) >= 11 is 0. The van der Waals surface area contributed by atoms with E-state index >= 15 is 0 Å². The van der Waals surface area contributed by atoms with E-state index in [0.29, 0.717) is 12.6 Å². The van der Waals surface area contributed by atoms with E-state index in [0.717, 1.165) is 30.6 Å². The van der Waals surface area contributed by atoms with Gasteiger partial charge in [-0.1, -0.05) is 32.0 Å². The van der Waals surface area contributed by atoms with Crippen molar-refractivity contribution in [2.24, 2.45) is 0 Å². The molecule has 1 rings (SSSR count). The highest BCUT2D eigenvalue weighted by Gasteiger charge is 2.15. The number of hydrogen-bond donors (Lipinski definition) is 2. The first-order valence-electron chi connectivity index (χ1n) is 6.41. The Morgan fingerprint density at radius 3 is 2.41 bits per heavy atom. The second-order valence-corrected chi connectivity index (χ2v) is 4.36. The number of rotatable bonds is 7. The molecule has 0 heterocycles. The lowest BCUT2D eigenvalue weighted by atomic mass is 10.1. The fourth-order valence-corrected chi connectivity index (χ4v) is 2.22. The maximum atomic E-state index is 9.15. The molecule has 0 atom stereocenters. The summed E-state index contributed by atoms with van der Waals surface area (Å²) in [6.07, 6.45) is 2.20. The minimum Gasteiger partial charge on any atom is -0.398 e. The van der Waals surface area contributed by atoms with Gasteiger partial charge < -0.3 is 10.8 Å². The highest BCUT2D eigenvalue weighted by molar-refractivity contribution is 5.46. The Balaban J connectivity index is 2.75. The van der Waals surface area contributed by atoms with Gasteiger partial charge in [0, 0.05) is 24.8 Å². The maximum Gasteiger partial charge on any atom is 0.0558 e. The SMILES string of the molecule is CCC(CC)N(CCO)Cc1ccccc1N. The summed E-state index contributed by atoms with van der Waals surface area (Å²) in [5.41, 5.74) is 7.94. The first-order chi connectivity index (χ1) is 8.22. The van der Waals surface area contributed by atoms with Crippen molar-refractivity contribution in [2.75, 3.05) is 18.9 Å². The summed E-state index contributed by atoms with van der Waals surface area (Å²) in [6.45, 7) is 6.10. The second kappa shape index (κ2) is 7.30. The van der Waals surface area contributed by atoms with Gasteiger partial charge in [0.2, 0.25) is 0 Å². The quantitative estimate of drug-likeness (QED) is 0.714. The Bertz CT molecular complexity index is 324. The first kappa shape index (κ1) is 14.0. The number of para-hydroxylation sites is 1. The van der Waals surface area contributed by atoms with Crippen molar-refractivity contribution in [3.8, 4) is 0 Å². The minimum absolute atomic E-state index is 0.198. The monoisotopic (exact) mass is 236 g/mol. The fourth-order valence-electron chi connectivity index (χ4n) is 2.22. The van der Waals surface area contributed by atoms with E-state index in [1.165, 1.54) is 0 Å². The molecule has 0 saturated heterocycles. The molecule has 0 aliphatic heterocycles. The summed E-state index contributed by atoms with van der Waals surface area (Å²) in [4.78, 5) is 2.31. The molecule has 3 nitrogen and oxygen atoms in total. The standard InChI is InChI=1S/C14H24N2O/c1-3-13(4-2)16(9-10-17)11-12-7-5-6-8-14(12)15/h5-8,13,17H,3-4,9-11,15H2,1-2H3. The molecule has 0 bridgehead atoms. The second-order valence-electron chi connectivity index (χ2n) is 4.36. The molecule has 3 N–H and O–H groups in total. The highest BCUT2D eigenvalue weighted by Crippen LogP contribution is 2.17. The van der Waals surface area contributed by atoms with Gasteiger partial charge in [0.1, 0.15) is 0 Å². The number of nitrogens with zero attached hydrogens (tertiary/aromatic N) is 1. The molecule has 0 fully saturated rings. The van der Waals surface area contributed by atoms with E-state index in [1.54, 1.807) is 0 Å². The van der Waals surface area contributed by atoms with Crippen LogP contribution in [0.2, 0.25) is 0 Å². The Labute approximate surface area is 104 Å². The number of aliphatic hydroxyl groups is 1. The molecule has 1 aromatic rings. The molecule has 0 spiro atoms. The summed E-state index contributed by atoms with van der Waals surface area (Å²) in [5.74, 6) is 0. The van der Waals surface area contributed by atoms with Crippen LogP contribution in [-0.4, -0.2) is 29.2 Å².